The van der Waals surface area contributed by atoms with Gasteiger partial charge in [-0.15, -0.1) is 0 Å². The lowest BCUT2D eigenvalue weighted by atomic mass is 10.2. The maximum absolute atomic E-state index is 12.9. The fourth-order valence-electron chi connectivity index (χ4n) is 3.40. The monoisotopic (exact) mass is 418 g/mol. The molecule has 1 atom stereocenters. The number of ether oxygens (including phenoxy) is 1. The number of aromatic amines is 1. The van der Waals surface area contributed by atoms with E-state index in [-0.39, 0.29) is 16.9 Å². The Morgan fingerprint density at radius 2 is 1.74 bits per heavy atom. The summed E-state index contributed by atoms with van der Waals surface area (Å²) in [5.74, 6) is -1.24. The van der Waals surface area contributed by atoms with E-state index in [2.05, 4.69) is 10.3 Å². The zero-order valence-corrected chi connectivity index (χ0v) is 17.4. The molecule has 2 aromatic heterocycles. The third-order valence-corrected chi connectivity index (χ3v) is 5.21. The Labute approximate surface area is 178 Å². The number of nitrogens with one attached hydrogen (secondary N) is 2. The number of H-pyrrole nitrogens is 1. The van der Waals surface area contributed by atoms with Gasteiger partial charge in [-0.2, -0.15) is 0 Å². The molecular weight excluding hydrogens is 396 g/mol. The van der Waals surface area contributed by atoms with E-state index < -0.39 is 18.0 Å². The molecule has 0 saturated heterocycles. The molecule has 4 rings (SSSR count). The molecule has 8 heteroatoms. The number of hydrogen-bond acceptors (Lipinski definition) is 4. The van der Waals surface area contributed by atoms with E-state index in [0.717, 1.165) is 10.9 Å². The Kier molecular flexibility index (Phi) is 5.21. The zero-order valence-electron chi connectivity index (χ0n) is 17.4. The van der Waals surface area contributed by atoms with Crippen LogP contribution in [0, 0.1) is 6.92 Å². The molecule has 1 amide bonds. The highest BCUT2D eigenvalue weighted by Gasteiger charge is 2.24. The number of fused-ring (bicyclic) bond motifs is 1. The summed E-state index contributed by atoms with van der Waals surface area (Å²) in [6.07, 6.45) is -1.09. The van der Waals surface area contributed by atoms with E-state index in [4.69, 9.17) is 4.74 Å². The van der Waals surface area contributed by atoms with Gasteiger partial charge in [0.25, 0.3) is 11.5 Å². The normalized spacial score (nSPS) is 12.0. The average molecular weight is 418 g/mol. The summed E-state index contributed by atoms with van der Waals surface area (Å²) in [4.78, 5) is 41.0. The van der Waals surface area contributed by atoms with Crippen LogP contribution in [-0.4, -0.2) is 32.3 Å². The van der Waals surface area contributed by atoms with Gasteiger partial charge in [0.1, 0.15) is 11.4 Å². The minimum atomic E-state index is -1.09. The lowest BCUT2D eigenvalue weighted by molar-refractivity contribution is -0.123. The van der Waals surface area contributed by atoms with Crippen molar-refractivity contribution in [1.29, 1.82) is 0 Å². The van der Waals surface area contributed by atoms with Crippen molar-refractivity contribution in [2.75, 3.05) is 5.32 Å². The van der Waals surface area contributed by atoms with Crippen molar-refractivity contribution in [2.24, 2.45) is 7.05 Å². The minimum absolute atomic E-state index is 0.143. The molecule has 0 aliphatic heterocycles. The van der Waals surface area contributed by atoms with Crippen LogP contribution in [0.15, 0.2) is 65.5 Å². The standard InChI is InChI=1S/C23H22N4O4/c1-14-20(22(29)27(26(14)3)17-10-5-4-6-11-17)25-21(28)15(2)31-23(30)19-13-16-9-7-8-12-18(16)24-19/h4-13,15,24H,1-3H3,(H,25,28)/t15-/m0/s1. The van der Waals surface area contributed by atoms with Crippen molar-refractivity contribution in [3.63, 3.8) is 0 Å². The lowest BCUT2D eigenvalue weighted by Gasteiger charge is -2.12. The van der Waals surface area contributed by atoms with Crippen LogP contribution >= 0.6 is 0 Å². The quantitative estimate of drug-likeness (QED) is 0.487. The van der Waals surface area contributed by atoms with Gasteiger partial charge in [0.05, 0.1) is 11.4 Å². The van der Waals surface area contributed by atoms with E-state index in [1.54, 1.807) is 36.9 Å². The highest BCUT2D eigenvalue weighted by Crippen LogP contribution is 2.17. The highest BCUT2D eigenvalue weighted by atomic mass is 16.5. The van der Waals surface area contributed by atoms with Gasteiger partial charge >= 0.3 is 5.97 Å². The molecule has 8 nitrogen and oxygen atoms in total. The molecule has 0 unspecified atom stereocenters. The number of amides is 1. The highest BCUT2D eigenvalue weighted by molar-refractivity contribution is 5.99. The first-order valence-corrected chi connectivity index (χ1v) is 9.80. The zero-order chi connectivity index (χ0) is 22.1. The molecule has 0 fully saturated rings. The van der Waals surface area contributed by atoms with E-state index >= 15 is 0 Å². The first-order chi connectivity index (χ1) is 14.9. The molecule has 0 aliphatic carbocycles. The van der Waals surface area contributed by atoms with Crippen LogP contribution in [0.1, 0.15) is 23.1 Å². The van der Waals surface area contributed by atoms with Crippen molar-refractivity contribution in [3.8, 4) is 5.69 Å². The Balaban J connectivity index is 1.51. The number of benzene rings is 2. The van der Waals surface area contributed by atoms with Crippen molar-refractivity contribution in [3.05, 3.63) is 82.4 Å². The summed E-state index contributed by atoms with van der Waals surface area (Å²) in [5, 5.41) is 3.48. The Bertz CT molecular complexity index is 1300. The molecule has 158 valence electrons. The van der Waals surface area contributed by atoms with Crippen LogP contribution < -0.4 is 10.9 Å². The predicted octanol–water partition coefficient (Wildman–Crippen LogP) is 3.15. The number of aromatic nitrogens is 3. The number of hydrogen-bond donors (Lipinski definition) is 2. The summed E-state index contributed by atoms with van der Waals surface area (Å²) < 4.78 is 8.43. The van der Waals surface area contributed by atoms with Crippen molar-refractivity contribution < 1.29 is 14.3 Å². The summed E-state index contributed by atoms with van der Waals surface area (Å²) in [6, 6.07) is 18.2. The average Bonchev–Trinajstić information content (AvgIpc) is 3.29. The van der Waals surface area contributed by atoms with Gasteiger partial charge in [0, 0.05) is 18.0 Å². The number of carbonyl (C=O) groups is 2. The van der Waals surface area contributed by atoms with Gasteiger partial charge in [-0.1, -0.05) is 36.4 Å². The molecule has 0 saturated carbocycles. The second-order valence-electron chi connectivity index (χ2n) is 7.24. The van der Waals surface area contributed by atoms with E-state index in [9.17, 15) is 14.4 Å². The predicted molar refractivity (Wildman–Crippen MR) is 118 cm³/mol. The second-order valence-corrected chi connectivity index (χ2v) is 7.24. The van der Waals surface area contributed by atoms with Crippen LogP contribution in [0.5, 0.6) is 0 Å². The number of para-hydroxylation sites is 2. The molecule has 2 heterocycles. The number of esters is 1. The third kappa shape index (κ3) is 3.75. The van der Waals surface area contributed by atoms with Gasteiger partial charge in [-0.3, -0.25) is 14.3 Å². The third-order valence-electron chi connectivity index (χ3n) is 5.21. The van der Waals surface area contributed by atoms with E-state index in [1.165, 1.54) is 11.6 Å². The molecule has 2 aromatic carbocycles. The molecule has 0 bridgehead atoms. The number of anilines is 1. The molecule has 2 N–H and O–H groups in total. The van der Waals surface area contributed by atoms with Crippen molar-refractivity contribution >= 4 is 28.5 Å². The molecule has 4 aromatic rings. The van der Waals surface area contributed by atoms with Crippen LogP contribution in [-0.2, 0) is 16.6 Å². The van der Waals surface area contributed by atoms with Crippen LogP contribution in [0.4, 0.5) is 5.69 Å². The van der Waals surface area contributed by atoms with Gasteiger partial charge < -0.3 is 15.0 Å². The largest absolute Gasteiger partial charge is 0.448 e. The topological polar surface area (TPSA) is 98.1 Å². The lowest BCUT2D eigenvalue weighted by Crippen LogP contribution is -2.32. The summed E-state index contributed by atoms with van der Waals surface area (Å²) in [6.45, 7) is 3.20. The first-order valence-electron chi connectivity index (χ1n) is 9.80. The Hall–Kier alpha value is -4.07. The molecule has 0 aliphatic rings. The fraction of sp³-hybridized carbons (Fsp3) is 0.174. The number of nitrogens with zero attached hydrogens (tertiary/aromatic N) is 2. The van der Waals surface area contributed by atoms with Gasteiger partial charge in [0.15, 0.2) is 6.10 Å². The summed E-state index contributed by atoms with van der Waals surface area (Å²) in [5.41, 5.74) is 2.09. The van der Waals surface area contributed by atoms with E-state index in [0.29, 0.717) is 11.4 Å². The Morgan fingerprint density at radius 3 is 2.45 bits per heavy atom. The fourth-order valence-corrected chi connectivity index (χ4v) is 3.40. The maximum Gasteiger partial charge on any atom is 0.355 e. The van der Waals surface area contributed by atoms with Gasteiger partial charge in [0.2, 0.25) is 0 Å². The van der Waals surface area contributed by atoms with Crippen LogP contribution in [0.25, 0.3) is 16.6 Å². The van der Waals surface area contributed by atoms with Crippen molar-refractivity contribution in [1.82, 2.24) is 14.3 Å². The number of carbonyl (C=O) groups excluding carboxylic acids is 2. The number of rotatable bonds is 5. The van der Waals surface area contributed by atoms with Crippen LogP contribution in [0.3, 0.4) is 0 Å². The Morgan fingerprint density at radius 1 is 1.06 bits per heavy atom. The van der Waals surface area contributed by atoms with Gasteiger partial charge in [-0.05, 0) is 38.1 Å². The smallest absolute Gasteiger partial charge is 0.355 e. The molecule has 0 spiro atoms. The SMILES string of the molecule is Cc1c(NC(=O)[C@H](C)OC(=O)c2cc3ccccc3[nH]2)c(=O)n(-c2ccccc2)n1C. The second kappa shape index (κ2) is 7.98. The first kappa shape index (κ1) is 20.2. The molecule has 0 radical (unpaired) electrons. The summed E-state index contributed by atoms with van der Waals surface area (Å²) >= 11 is 0. The van der Waals surface area contributed by atoms with Crippen LogP contribution in [0.2, 0.25) is 0 Å². The van der Waals surface area contributed by atoms with Gasteiger partial charge in [-0.25, -0.2) is 9.48 Å². The maximum atomic E-state index is 12.9. The summed E-state index contributed by atoms with van der Waals surface area (Å²) in [7, 11) is 1.73. The molecular formula is C23H22N4O4. The van der Waals surface area contributed by atoms with E-state index in [1.807, 2.05) is 42.5 Å². The van der Waals surface area contributed by atoms with Crippen molar-refractivity contribution in [2.45, 2.75) is 20.0 Å². The molecule has 31 heavy (non-hydrogen) atoms. The minimum Gasteiger partial charge on any atom is -0.448 e.